The largest absolute Gasteiger partial charge is 0.420 e. The molecule has 4 nitrogen and oxygen atoms in total. The minimum absolute atomic E-state index is 0.0509. The highest BCUT2D eigenvalue weighted by atomic mass is 16.4. The number of fused-ring (bicyclic) bond motifs is 1. The Kier molecular flexibility index (Phi) is 3.91. The zero-order chi connectivity index (χ0) is 17.5. The Morgan fingerprint density at radius 1 is 1.08 bits per heavy atom. The van der Waals surface area contributed by atoms with Crippen LogP contribution in [0.5, 0.6) is 0 Å². The molecule has 2 aromatic carbocycles. The quantitative estimate of drug-likeness (QED) is 0.681. The number of oxazole rings is 1. The van der Waals surface area contributed by atoms with E-state index in [2.05, 4.69) is 32.9 Å². The third kappa shape index (κ3) is 3.04. The van der Waals surface area contributed by atoms with E-state index in [1.165, 1.54) is 12.5 Å². The summed E-state index contributed by atoms with van der Waals surface area (Å²) in [7, 11) is 0. The molecule has 0 spiro atoms. The van der Waals surface area contributed by atoms with E-state index in [0.29, 0.717) is 23.2 Å². The summed E-state index contributed by atoms with van der Waals surface area (Å²) < 4.78 is 6.88. The van der Waals surface area contributed by atoms with Crippen molar-refractivity contribution < 1.29 is 9.21 Å². The Morgan fingerprint density at radius 2 is 1.75 bits per heavy atom. The van der Waals surface area contributed by atoms with Crippen LogP contribution >= 0.6 is 0 Å². The Labute approximate surface area is 140 Å². The molecule has 0 bridgehead atoms. The summed E-state index contributed by atoms with van der Waals surface area (Å²) in [6.45, 7) is 8.44. The summed E-state index contributed by atoms with van der Waals surface area (Å²) in [6.07, 6.45) is 0. The molecule has 0 saturated carbocycles. The van der Waals surface area contributed by atoms with Crippen molar-refractivity contribution in [1.82, 2.24) is 4.57 Å². The number of rotatable bonds is 3. The van der Waals surface area contributed by atoms with Gasteiger partial charge in [-0.15, -0.1) is 0 Å². The summed E-state index contributed by atoms with van der Waals surface area (Å²) in [4.78, 5) is 23.6. The molecule has 0 saturated heterocycles. The average Bonchev–Trinajstić information content (AvgIpc) is 2.82. The van der Waals surface area contributed by atoms with Crippen LogP contribution < -0.4 is 5.76 Å². The fourth-order valence-electron chi connectivity index (χ4n) is 2.73. The van der Waals surface area contributed by atoms with Gasteiger partial charge in [0.15, 0.2) is 11.4 Å². The maximum Gasteiger partial charge on any atom is 0.420 e. The second-order valence-electron chi connectivity index (χ2n) is 7.14. The first-order chi connectivity index (χ1) is 11.3. The SMILES string of the molecule is CC(=O)c1ccc2c(c1)oc(=O)n2Cc1ccc(C(C)(C)C)cc1. The Balaban J connectivity index is 1.97. The molecule has 124 valence electrons. The third-order valence-corrected chi connectivity index (χ3v) is 4.24. The lowest BCUT2D eigenvalue weighted by Gasteiger charge is -2.19. The van der Waals surface area contributed by atoms with Crippen molar-refractivity contribution >= 4 is 16.9 Å². The fourth-order valence-corrected chi connectivity index (χ4v) is 2.73. The van der Waals surface area contributed by atoms with E-state index in [-0.39, 0.29) is 11.2 Å². The van der Waals surface area contributed by atoms with Gasteiger partial charge in [-0.2, -0.15) is 0 Å². The fraction of sp³-hybridized carbons (Fsp3) is 0.300. The number of benzene rings is 2. The first-order valence-electron chi connectivity index (χ1n) is 7.99. The highest BCUT2D eigenvalue weighted by Crippen LogP contribution is 2.23. The van der Waals surface area contributed by atoms with Crippen LogP contribution in [0, 0.1) is 0 Å². The Bertz CT molecular complexity index is 953. The van der Waals surface area contributed by atoms with Gasteiger partial charge in [-0.3, -0.25) is 9.36 Å². The van der Waals surface area contributed by atoms with E-state index >= 15 is 0 Å². The Hall–Kier alpha value is -2.62. The van der Waals surface area contributed by atoms with Crippen LogP contribution in [0.2, 0.25) is 0 Å². The van der Waals surface area contributed by atoms with Crippen molar-refractivity contribution in [2.24, 2.45) is 0 Å². The molecular weight excluding hydrogens is 302 g/mol. The molecule has 3 aromatic rings. The van der Waals surface area contributed by atoms with Crippen LogP contribution in [0.25, 0.3) is 11.1 Å². The molecule has 0 unspecified atom stereocenters. The summed E-state index contributed by atoms with van der Waals surface area (Å²) in [5, 5.41) is 0. The van der Waals surface area contributed by atoms with E-state index < -0.39 is 5.76 Å². The number of nitrogens with zero attached hydrogens (tertiary/aromatic N) is 1. The second-order valence-corrected chi connectivity index (χ2v) is 7.14. The number of Topliss-reactive ketones (excluding diaryl/α,β-unsaturated/α-hetero) is 1. The lowest BCUT2D eigenvalue weighted by molar-refractivity contribution is 0.101. The molecule has 0 amide bonds. The van der Waals surface area contributed by atoms with Crippen LogP contribution in [-0.4, -0.2) is 10.4 Å². The highest BCUT2D eigenvalue weighted by Gasteiger charge is 2.14. The summed E-state index contributed by atoms with van der Waals surface area (Å²) in [6, 6.07) is 13.4. The molecular formula is C20H21NO3. The van der Waals surface area contributed by atoms with Crippen molar-refractivity contribution in [3.8, 4) is 0 Å². The lowest BCUT2D eigenvalue weighted by Crippen LogP contribution is -2.15. The minimum Gasteiger partial charge on any atom is -0.408 e. The van der Waals surface area contributed by atoms with Gasteiger partial charge in [0.05, 0.1) is 12.1 Å². The van der Waals surface area contributed by atoms with Gasteiger partial charge in [0.2, 0.25) is 0 Å². The summed E-state index contributed by atoms with van der Waals surface area (Å²) in [5.74, 6) is -0.462. The molecule has 4 heteroatoms. The second kappa shape index (κ2) is 5.78. The van der Waals surface area contributed by atoms with Gasteiger partial charge in [-0.1, -0.05) is 45.0 Å². The standard InChI is InChI=1S/C20H21NO3/c1-13(22)15-7-10-17-18(11-15)24-19(23)21(17)12-14-5-8-16(9-6-14)20(2,3)4/h5-11H,12H2,1-4H3. The van der Waals surface area contributed by atoms with Crippen LogP contribution in [0.3, 0.4) is 0 Å². The maximum absolute atomic E-state index is 12.2. The molecule has 3 rings (SSSR count). The van der Waals surface area contributed by atoms with E-state index in [0.717, 1.165) is 5.56 Å². The molecule has 0 aliphatic rings. The van der Waals surface area contributed by atoms with Crippen LogP contribution in [0.15, 0.2) is 51.7 Å². The van der Waals surface area contributed by atoms with Crippen molar-refractivity contribution in [1.29, 1.82) is 0 Å². The van der Waals surface area contributed by atoms with Crippen LogP contribution in [-0.2, 0) is 12.0 Å². The van der Waals surface area contributed by atoms with Gasteiger partial charge in [0.25, 0.3) is 0 Å². The van der Waals surface area contributed by atoms with Gasteiger partial charge in [-0.05, 0) is 41.7 Å². The van der Waals surface area contributed by atoms with Crippen molar-refractivity contribution in [3.05, 3.63) is 69.7 Å². The summed E-state index contributed by atoms with van der Waals surface area (Å²) >= 11 is 0. The number of carbonyl (C=O) groups excluding carboxylic acids is 1. The topological polar surface area (TPSA) is 52.2 Å². The first-order valence-corrected chi connectivity index (χ1v) is 7.99. The first kappa shape index (κ1) is 16.2. The third-order valence-electron chi connectivity index (χ3n) is 4.24. The van der Waals surface area contributed by atoms with E-state index in [1.807, 2.05) is 12.1 Å². The van der Waals surface area contributed by atoms with Crippen LogP contribution in [0.1, 0.15) is 49.2 Å². The minimum atomic E-state index is -0.411. The van der Waals surface area contributed by atoms with Crippen LogP contribution in [0.4, 0.5) is 0 Å². The number of aromatic nitrogens is 1. The predicted octanol–water partition coefficient (Wildman–Crippen LogP) is 4.14. The van der Waals surface area contributed by atoms with Crippen molar-refractivity contribution in [3.63, 3.8) is 0 Å². The predicted molar refractivity (Wildman–Crippen MR) is 94.7 cm³/mol. The van der Waals surface area contributed by atoms with Gasteiger partial charge < -0.3 is 4.42 Å². The molecule has 0 aliphatic carbocycles. The molecule has 1 heterocycles. The average molecular weight is 323 g/mol. The summed E-state index contributed by atoms with van der Waals surface area (Å²) in [5.41, 5.74) is 4.06. The molecule has 0 atom stereocenters. The normalized spacial score (nSPS) is 11.8. The van der Waals surface area contributed by atoms with E-state index in [9.17, 15) is 9.59 Å². The Morgan fingerprint density at radius 3 is 2.33 bits per heavy atom. The molecule has 0 fully saturated rings. The van der Waals surface area contributed by atoms with Gasteiger partial charge in [0.1, 0.15) is 0 Å². The molecule has 0 N–H and O–H groups in total. The van der Waals surface area contributed by atoms with Crippen molar-refractivity contribution in [2.45, 2.75) is 39.7 Å². The number of ketones is 1. The highest BCUT2D eigenvalue weighted by molar-refractivity contribution is 5.96. The number of hydrogen-bond donors (Lipinski definition) is 0. The zero-order valence-electron chi connectivity index (χ0n) is 14.4. The lowest BCUT2D eigenvalue weighted by atomic mass is 9.87. The monoisotopic (exact) mass is 323 g/mol. The smallest absolute Gasteiger partial charge is 0.408 e. The molecule has 24 heavy (non-hydrogen) atoms. The molecule has 0 radical (unpaired) electrons. The van der Waals surface area contributed by atoms with Gasteiger partial charge >= 0.3 is 5.76 Å². The number of hydrogen-bond acceptors (Lipinski definition) is 3. The van der Waals surface area contributed by atoms with E-state index in [4.69, 9.17) is 4.42 Å². The van der Waals surface area contributed by atoms with E-state index in [1.54, 1.807) is 22.8 Å². The number of carbonyl (C=O) groups is 1. The zero-order valence-corrected chi connectivity index (χ0v) is 14.4. The van der Waals surface area contributed by atoms with Crippen molar-refractivity contribution in [2.75, 3.05) is 0 Å². The molecule has 1 aromatic heterocycles. The molecule has 0 aliphatic heterocycles. The van der Waals surface area contributed by atoms with Gasteiger partial charge in [-0.25, -0.2) is 4.79 Å². The van der Waals surface area contributed by atoms with Gasteiger partial charge in [0, 0.05) is 5.56 Å². The maximum atomic E-state index is 12.2.